The predicted molar refractivity (Wildman–Crippen MR) is 74.7 cm³/mol. The first-order valence-corrected chi connectivity index (χ1v) is 5.85. The van der Waals surface area contributed by atoms with E-state index < -0.39 is 0 Å². The minimum absolute atomic E-state index is 0.313. The fraction of sp³-hybridized carbons (Fsp3) is 0.133. The molecule has 0 aliphatic rings. The molecule has 0 bridgehead atoms. The molecule has 19 heavy (non-hydrogen) atoms. The quantitative estimate of drug-likeness (QED) is 0.805. The van der Waals surface area contributed by atoms with Crippen molar-refractivity contribution in [1.82, 2.24) is 0 Å². The Morgan fingerprint density at radius 3 is 2.58 bits per heavy atom. The highest BCUT2D eigenvalue weighted by atomic mass is 19.1. The summed E-state index contributed by atoms with van der Waals surface area (Å²) in [7, 11) is 0. The molecular formula is C15H14FN3. The van der Waals surface area contributed by atoms with E-state index in [0.717, 1.165) is 5.56 Å². The van der Waals surface area contributed by atoms with Crippen LogP contribution in [0.15, 0.2) is 30.3 Å². The maximum atomic E-state index is 13.3. The van der Waals surface area contributed by atoms with Gasteiger partial charge in [0.15, 0.2) is 0 Å². The minimum atomic E-state index is -0.340. The molecule has 0 aromatic heterocycles. The zero-order chi connectivity index (χ0) is 14.0. The molecule has 3 N–H and O–H groups in total. The molecule has 0 saturated carbocycles. The van der Waals surface area contributed by atoms with E-state index >= 15 is 0 Å². The van der Waals surface area contributed by atoms with Crippen LogP contribution in [0.25, 0.3) is 0 Å². The topological polar surface area (TPSA) is 61.8 Å². The molecule has 0 amide bonds. The minimum Gasteiger partial charge on any atom is -0.397 e. The third kappa shape index (κ3) is 2.50. The van der Waals surface area contributed by atoms with Crippen molar-refractivity contribution in [1.29, 1.82) is 5.26 Å². The lowest BCUT2D eigenvalue weighted by molar-refractivity contribution is 0.619. The van der Waals surface area contributed by atoms with Crippen LogP contribution in [0.3, 0.4) is 0 Å². The van der Waals surface area contributed by atoms with Gasteiger partial charge in [0.05, 0.1) is 22.6 Å². The number of aryl methyl sites for hydroxylation is 2. The molecule has 0 fully saturated rings. The Morgan fingerprint density at radius 2 is 1.89 bits per heavy atom. The molecule has 2 aromatic carbocycles. The SMILES string of the molecule is Cc1cc(Nc2cccc(C)c2C#N)c(N)cc1F. The summed E-state index contributed by atoms with van der Waals surface area (Å²) in [5.41, 5.74) is 9.30. The van der Waals surface area contributed by atoms with Crippen molar-refractivity contribution in [3.63, 3.8) is 0 Å². The maximum absolute atomic E-state index is 13.3. The summed E-state index contributed by atoms with van der Waals surface area (Å²) in [5.74, 6) is -0.340. The van der Waals surface area contributed by atoms with Gasteiger partial charge in [-0.2, -0.15) is 5.26 Å². The lowest BCUT2D eigenvalue weighted by Crippen LogP contribution is -2.01. The summed E-state index contributed by atoms with van der Waals surface area (Å²) >= 11 is 0. The van der Waals surface area contributed by atoms with Crippen LogP contribution in [0.5, 0.6) is 0 Å². The number of halogens is 1. The standard InChI is InChI=1S/C15H14FN3/c1-9-4-3-5-14(11(9)8-17)19-15-6-10(2)12(16)7-13(15)18/h3-7,19H,18H2,1-2H3. The molecule has 0 radical (unpaired) electrons. The highest BCUT2D eigenvalue weighted by Gasteiger charge is 2.09. The molecule has 96 valence electrons. The highest BCUT2D eigenvalue weighted by Crippen LogP contribution is 2.28. The van der Waals surface area contributed by atoms with E-state index in [-0.39, 0.29) is 5.82 Å². The zero-order valence-corrected chi connectivity index (χ0v) is 10.8. The molecule has 0 aliphatic heterocycles. The van der Waals surface area contributed by atoms with Crippen molar-refractivity contribution in [2.45, 2.75) is 13.8 Å². The normalized spacial score (nSPS) is 10.0. The van der Waals surface area contributed by atoms with Gasteiger partial charge in [0.1, 0.15) is 11.9 Å². The van der Waals surface area contributed by atoms with Gasteiger partial charge < -0.3 is 11.1 Å². The second-order valence-corrected chi connectivity index (χ2v) is 4.42. The number of benzene rings is 2. The van der Waals surface area contributed by atoms with Crippen LogP contribution < -0.4 is 11.1 Å². The van der Waals surface area contributed by atoms with Crippen molar-refractivity contribution in [3.8, 4) is 6.07 Å². The van der Waals surface area contributed by atoms with Crippen molar-refractivity contribution >= 4 is 17.1 Å². The van der Waals surface area contributed by atoms with E-state index in [1.807, 2.05) is 19.1 Å². The van der Waals surface area contributed by atoms with Gasteiger partial charge in [0.25, 0.3) is 0 Å². The summed E-state index contributed by atoms with van der Waals surface area (Å²) in [6.45, 7) is 3.53. The number of rotatable bonds is 2. The monoisotopic (exact) mass is 255 g/mol. The zero-order valence-electron chi connectivity index (χ0n) is 10.8. The van der Waals surface area contributed by atoms with E-state index in [0.29, 0.717) is 28.2 Å². The Hall–Kier alpha value is -2.54. The number of nitrogens with two attached hydrogens (primary N) is 1. The average molecular weight is 255 g/mol. The number of nitrogen functional groups attached to an aromatic ring is 1. The first-order chi connectivity index (χ1) is 9.02. The molecule has 0 heterocycles. The second kappa shape index (κ2) is 4.99. The first-order valence-electron chi connectivity index (χ1n) is 5.85. The number of hydrogen-bond donors (Lipinski definition) is 2. The Labute approximate surface area is 111 Å². The third-order valence-electron chi connectivity index (χ3n) is 2.98. The van der Waals surface area contributed by atoms with Gasteiger partial charge in [-0.25, -0.2) is 4.39 Å². The van der Waals surface area contributed by atoms with Gasteiger partial charge in [-0.1, -0.05) is 12.1 Å². The van der Waals surface area contributed by atoms with Gasteiger partial charge in [-0.3, -0.25) is 0 Å². The van der Waals surface area contributed by atoms with Gasteiger partial charge >= 0.3 is 0 Å². The largest absolute Gasteiger partial charge is 0.397 e. The Balaban J connectivity index is 2.45. The number of anilines is 3. The molecule has 0 unspecified atom stereocenters. The van der Waals surface area contributed by atoms with Crippen LogP contribution >= 0.6 is 0 Å². The van der Waals surface area contributed by atoms with Crippen molar-refractivity contribution in [3.05, 3.63) is 52.8 Å². The lowest BCUT2D eigenvalue weighted by atomic mass is 10.1. The van der Waals surface area contributed by atoms with Crippen molar-refractivity contribution in [2.75, 3.05) is 11.1 Å². The maximum Gasteiger partial charge on any atom is 0.128 e. The van der Waals surface area contributed by atoms with Crippen LogP contribution in [-0.2, 0) is 0 Å². The van der Waals surface area contributed by atoms with Gasteiger partial charge in [0.2, 0.25) is 0 Å². The summed E-state index contributed by atoms with van der Waals surface area (Å²) < 4.78 is 13.3. The average Bonchev–Trinajstić information content (AvgIpc) is 2.36. The smallest absolute Gasteiger partial charge is 0.128 e. The number of nitrogens with one attached hydrogen (secondary N) is 1. The van der Waals surface area contributed by atoms with Gasteiger partial charge in [-0.15, -0.1) is 0 Å². The first kappa shape index (κ1) is 12.9. The number of nitriles is 1. The number of nitrogens with zero attached hydrogens (tertiary/aromatic N) is 1. The van der Waals surface area contributed by atoms with Crippen LogP contribution in [0.4, 0.5) is 21.5 Å². The number of hydrogen-bond acceptors (Lipinski definition) is 3. The van der Waals surface area contributed by atoms with Crippen LogP contribution in [0.2, 0.25) is 0 Å². The Bertz CT molecular complexity index is 672. The second-order valence-electron chi connectivity index (χ2n) is 4.42. The summed E-state index contributed by atoms with van der Waals surface area (Å²) in [6.07, 6.45) is 0. The molecule has 0 saturated heterocycles. The fourth-order valence-corrected chi connectivity index (χ4v) is 1.87. The Kier molecular flexibility index (Phi) is 3.39. The molecule has 2 aromatic rings. The van der Waals surface area contributed by atoms with E-state index in [1.165, 1.54) is 6.07 Å². The lowest BCUT2D eigenvalue weighted by Gasteiger charge is -2.13. The van der Waals surface area contributed by atoms with Gasteiger partial charge in [-0.05, 0) is 43.2 Å². The molecule has 4 heteroatoms. The summed E-state index contributed by atoms with van der Waals surface area (Å²) in [6, 6.07) is 10.6. The molecule has 0 atom stereocenters. The molecule has 3 nitrogen and oxygen atoms in total. The summed E-state index contributed by atoms with van der Waals surface area (Å²) in [5, 5.41) is 12.3. The van der Waals surface area contributed by atoms with E-state index in [2.05, 4.69) is 11.4 Å². The van der Waals surface area contributed by atoms with Crippen molar-refractivity contribution < 1.29 is 4.39 Å². The van der Waals surface area contributed by atoms with E-state index in [9.17, 15) is 4.39 Å². The highest BCUT2D eigenvalue weighted by molar-refractivity contribution is 5.76. The summed E-state index contributed by atoms with van der Waals surface area (Å²) in [4.78, 5) is 0. The molecule has 0 aliphatic carbocycles. The van der Waals surface area contributed by atoms with Crippen LogP contribution in [0, 0.1) is 31.0 Å². The molecule has 2 rings (SSSR count). The van der Waals surface area contributed by atoms with E-state index in [4.69, 9.17) is 11.0 Å². The molecule has 0 spiro atoms. The fourth-order valence-electron chi connectivity index (χ4n) is 1.87. The van der Waals surface area contributed by atoms with Crippen LogP contribution in [-0.4, -0.2) is 0 Å². The molecular weight excluding hydrogens is 241 g/mol. The Morgan fingerprint density at radius 1 is 1.16 bits per heavy atom. The van der Waals surface area contributed by atoms with Crippen LogP contribution in [0.1, 0.15) is 16.7 Å². The van der Waals surface area contributed by atoms with Crippen molar-refractivity contribution in [2.24, 2.45) is 0 Å². The predicted octanol–water partition coefficient (Wildman–Crippen LogP) is 3.64. The van der Waals surface area contributed by atoms with Gasteiger partial charge in [0, 0.05) is 0 Å². The third-order valence-corrected chi connectivity index (χ3v) is 2.98. The van der Waals surface area contributed by atoms with E-state index in [1.54, 1.807) is 19.1 Å².